The standard InChI is InChI=1S/C22H27F3N6O3/c1-15-26-28-31(27-15)13-17-12-18(22(23,24)25)6-4-16(17)5-7-20(32)30-10-8-19(9-11-30)29(2)21(33)14-34-3/h4-7,12,19H,8-11,13-14H2,1-3H3/b7-5+. The molecule has 1 fully saturated rings. The third kappa shape index (κ3) is 6.40. The number of piperidine rings is 1. The molecule has 0 spiro atoms. The Morgan fingerprint density at radius 1 is 1.26 bits per heavy atom. The minimum absolute atomic E-state index is 0.0114. The number of likely N-dealkylation sites (tertiary alicyclic amines) is 1. The number of alkyl halides is 3. The smallest absolute Gasteiger partial charge is 0.375 e. The van der Waals surface area contributed by atoms with Crippen molar-refractivity contribution in [2.45, 2.75) is 38.5 Å². The number of amides is 2. The molecule has 3 rings (SSSR count). The summed E-state index contributed by atoms with van der Waals surface area (Å²) in [6.07, 6.45) is -0.377. The lowest BCUT2D eigenvalue weighted by Crippen LogP contribution is -2.47. The maximum atomic E-state index is 13.2. The molecule has 2 amide bonds. The Morgan fingerprint density at radius 2 is 1.97 bits per heavy atom. The zero-order valence-corrected chi connectivity index (χ0v) is 19.2. The van der Waals surface area contributed by atoms with Crippen LogP contribution in [-0.2, 0) is 27.0 Å². The quantitative estimate of drug-likeness (QED) is 0.564. The summed E-state index contributed by atoms with van der Waals surface area (Å²) in [7, 11) is 3.19. The highest BCUT2D eigenvalue weighted by Gasteiger charge is 2.31. The number of aromatic nitrogens is 4. The highest BCUT2D eigenvalue weighted by Crippen LogP contribution is 2.31. The number of likely N-dealkylation sites (N-methyl/N-ethyl adjacent to an activating group) is 1. The average molecular weight is 480 g/mol. The zero-order chi connectivity index (χ0) is 24.9. The van der Waals surface area contributed by atoms with Gasteiger partial charge in [-0.1, -0.05) is 6.07 Å². The SMILES string of the molecule is COCC(=O)N(C)C1CCN(C(=O)/C=C/c2ccc(C(F)(F)F)cc2Cn2nnc(C)n2)CC1. The van der Waals surface area contributed by atoms with Crippen LogP contribution in [0.15, 0.2) is 24.3 Å². The minimum Gasteiger partial charge on any atom is -0.375 e. The highest BCUT2D eigenvalue weighted by atomic mass is 19.4. The van der Waals surface area contributed by atoms with Gasteiger partial charge in [0.05, 0.1) is 12.1 Å². The Balaban J connectivity index is 1.69. The molecule has 0 unspecified atom stereocenters. The van der Waals surface area contributed by atoms with Crippen molar-refractivity contribution in [3.8, 4) is 0 Å². The van der Waals surface area contributed by atoms with E-state index in [0.717, 1.165) is 12.1 Å². The van der Waals surface area contributed by atoms with Crippen molar-refractivity contribution in [3.63, 3.8) is 0 Å². The summed E-state index contributed by atoms with van der Waals surface area (Å²) in [5.74, 6) is 0.0428. The normalized spacial score (nSPS) is 15.2. The van der Waals surface area contributed by atoms with E-state index in [2.05, 4.69) is 15.4 Å². The number of carbonyl (C=O) groups excluding carboxylic acids is 2. The Morgan fingerprint density at radius 3 is 2.56 bits per heavy atom. The summed E-state index contributed by atoms with van der Waals surface area (Å²) in [5.41, 5.74) is -0.0265. The van der Waals surface area contributed by atoms with E-state index in [1.807, 2.05) is 0 Å². The van der Waals surface area contributed by atoms with Crippen LogP contribution >= 0.6 is 0 Å². The fourth-order valence-corrected chi connectivity index (χ4v) is 3.79. The van der Waals surface area contributed by atoms with Crippen LogP contribution in [0.2, 0.25) is 0 Å². The summed E-state index contributed by atoms with van der Waals surface area (Å²) in [5, 5.41) is 11.6. The number of nitrogens with zero attached hydrogens (tertiary/aromatic N) is 6. The fourth-order valence-electron chi connectivity index (χ4n) is 3.79. The van der Waals surface area contributed by atoms with Crippen LogP contribution in [0.1, 0.15) is 35.4 Å². The third-order valence-electron chi connectivity index (χ3n) is 5.73. The molecule has 12 heteroatoms. The molecule has 0 aliphatic carbocycles. The van der Waals surface area contributed by atoms with Gasteiger partial charge in [0.1, 0.15) is 6.61 Å². The van der Waals surface area contributed by atoms with Gasteiger partial charge < -0.3 is 14.5 Å². The number of hydrogen-bond acceptors (Lipinski definition) is 6. The van der Waals surface area contributed by atoms with Crippen molar-refractivity contribution < 1.29 is 27.5 Å². The first-order valence-electron chi connectivity index (χ1n) is 10.7. The van der Waals surface area contributed by atoms with E-state index in [0.29, 0.717) is 42.9 Å². The number of carbonyl (C=O) groups is 2. The topological polar surface area (TPSA) is 93.5 Å². The molecular formula is C22H27F3N6O3. The molecule has 184 valence electrons. The van der Waals surface area contributed by atoms with Gasteiger partial charge in [-0.25, -0.2) is 0 Å². The van der Waals surface area contributed by atoms with Gasteiger partial charge in [0.25, 0.3) is 0 Å². The van der Waals surface area contributed by atoms with Crippen molar-refractivity contribution in [1.29, 1.82) is 0 Å². The molecule has 0 saturated carbocycles. The van der Waals surface area contributed by atoms with E-state index in [1.165, 1.54) is 30.1 Å². The monoisotopic (exact) mass is 480 g/mol. The number of benzene rings is 1. The number of tetrazole rings is 1. The largest absolute Gasteiger partial charge is 0.416 e. The molecule has 1 aromatic heterocycles. The number of aryl methyl sites for hydroxylation is 1. The molecule has 2 aromatic rings. The Kier molecular flexibility index (Phi) is 8.02. The molecule has 1 aliphatic heterocycles. The summed E-state index contributed by atoms with van der Waals surface area (Å²) in [6, 6.07) is 3.36. The van der Waals surface area contributed by atoms with Crippen LogP contribution < -0.4 is 0 Å². The Hall–Kier alpha value is -3.28. The molecule has 0 bridgehead atoms. The van der Waals surface area contributed by atoms with Gasteiger partial charge in [0.2, 0.25) is 11.8 Å². The lowest BCUT2D eigenvalue weighted by atomic mass is 10.0. The summed E-state index contributed by atoms with van der Waals surface area (Å²) >= 11 is 0. The predicted octanol–water partition coefficient (Wildman–Crippen LogP) is 2.16. The Labute approximate surface area is 195 Å². The van der Waals surface area contributed by atoms with Crippen molar-refractivity contribution in [1.82, 2.24) is 30.0 Å². The molecule has 1 aliphatic rings. The van der Waals surface area contributed by atoms with Crippen molar-refractivity contribution in [2.24, 2.45) is 0 Å². The lowest BCUT2D eigenvalue weighted by molar-refractivity contribution is -0.138. The van der Waals surface area contributed by atoms with Crippen LogP contribution in [0.3, 0.4) is 0 Å². The van der Waals surface area contributed by atoms with E-state index in [9.17, 15) is 22.8 Å². The lowest BCUT2D eigenvalue weighted by Gasteiger charge is -2.36. The van der Waals surface area contributed by atoms with Crippen LogP contribution in [0.4, 0.5) is 13.2 Å². The highest BCUT2D eigenvalue weighted by molar-refractivity contribution is 5.92. The van der Waals surface area contributed by atoms with Gasteiger partial charge in [-0.2, -0.15) is 18.0 Å². The van der Waals surface area contributed by atoms with Crippen LogP contribution in [-0.4, -0.2) is 81.7 Å². The summed E-state index contributed by atoms with van der Waals surface area (Å²) in [6.45, 7) is 2.56. The van der Waals surface area contributed by atoms with E-state index in [4.69, 9.17) is 4.74 Å². The van der Waals surface area contributed by atoms with Gasteiger partial charge in [-0.15, -0.1) is 10.2 Å². The summed E-state index contributed by atoms with van der Waals surface area (Å²) < 4.78 is 44.5. The second-order valence-corrected chi connectivity index (χ2v) is 8.11. The van der Waals surface area contributed by atoms with Crippen molar-refractivity contribution >= 4 is 17.9 Å². The zero-order valence-electron chi connectivity index (χ0n) is 19.2. The molecule has 9 nitrogen and oxygen atoms in total. The number of hydrogen-bond donors (Lipinski definition) is 0. The minimum atomic E-state index is -4.50. The average Bonchev–Trinajstić information content (AvgIpc) is 3.21. The predicted molar refractivity (Wildman–Crippen MR) is 116 cm³/mol. The fraction of sp³-hybridized carbons (Fsp3) is 0.500. The first-order valence-corrected chi connectivity index (χ1v) is 10.7. The molecular weight excluding hydrogens is 453 g/mol. The number of rotatable bonds is 7. The van der Waals surface area contributed by atoms with Gasteiger partial charge in [0, 0.05) is 39.4 Å². The number of ether oxygens (including phenoxy) is 1. The molecule has 1 saturated heterocycles. The summed E-state index contributed by atoms with van der Waals surface area (Å²) in [4.78, 5) is 29.2. The second kappa shape index (κ2) is 10.8. The van der Waals surface area contributed by atoms with E-state index in [1.54, 1.807) is 23.8 Å². The van der Waals surface area contributed by atoms with Gasteiger partial charge in [-0.05, 0) is 54.3 Å². The number of methoxy groups -OCH3 is 1. The molecule has 34 heavy (non-hydrogen) atoms. The van der Waals surface area contributed by atoms with Gasteiger partial charge >= 0.3 is 6.18 Å². The molecule has 2 heterocycles. The first-order chi connectivity index (χ1) is 16.1. The molecule has 0 radical (unpaired) electrons. The van der Waals surface area contributed by atoms with E-state index in [-0.39, 0.29) is 31.0 Å². The van der Waals surface area contributed by atoms with Crippen LogP contribution in [0.5, 0.6) is 0 Å². The first kappa shape index (κ1) is 25.3. The van der Waals surface area contributed by atoms with Crippen LogP contribution in [0.25, 0.3) is 6.08 Å². The second-order valence-electron chi connectivity index (χ2n) is 8.11. The maximum Gasteiger partial charge on any atom is 0.416 e. The van der Waals surface area contributed by atoms with Gasteiger partial charge in [0.15, 0.2) is 5.82 Å². The third-order valence-corrected chi connectivity index (χ3v) is 5.73. The maximum absolute atomic E-state index is 13.2. The van der Waals surface area contributed by atoms with Crippen molar-refractivity contribution in [2.75, 3.05) is 33.9 Å². The van der Waals surface area contributed by atoms with E-state index >= 15 is 0 Å². The van der Waals surface area contributed by atoms with Gasteiger partial charge in [-0.3, -0.25) is 9.59 Å². The molecule has 1 aromatic carbocycles. The molecule has 0 atom stereocenters. The number of halogens is 3. The van der Waals surface area contributed by atoms with E-state index < -0.39 is 11.7 Å². The Bertz CT molecular complexity index is 1040. The van der Waals surface area contributed by atoms with Crippen LogP contribution in [0, 0.1) is 6.92 Å². The molecule has 0 N–H and O–H groups in total. The van der Waals surface area contributed by atoms with Crippen molar-refractivity contribution in [3.05, 3.63) is 46.8 Å².